The van der Waals surface area contributed by atoms with E-state index in [1.54, 1.807) is 0 Å². The molecule has 2 N–H and O–H groups in total. The van der Waals surface area contributed by atoms with Gasteiger partial charge in [0.05, 0.1) is 6.61 Å². The highest BCUT2D eigenvalue weighted by atomic mass is 31.2. The molecule has 0 aromatic heterocycles. The number of hydrogen-bond acceptors (Lipinski definition) is 6. The summed E-state index contributed by atoms with van der Waals surface area (Å²) in [6.07, 6.45) is 42.5. The molecule has 0 saturated carbocycles. The lowest BCUT2D eigenvalue weighted by molar-refractivity contribution is -0.161. The quantitative estimate of drug-likeness (QED) is 0.0289. The highest BCUT2D eigenvalue weighted by Gasteiger charge is 2.22. The molecule has 0 saturated heterocycles. The Morgan fingerprint density at radius 3 is 1.39 bits per heavy atom. The second kappa shape index (κ2) is 35.8. The average Bonchev–Trinajstić information content (AvgIpc) is 3.07. The zero-order valence-electron chi connectivity index (χ0n) is 31.1. The highest BCUT2D eigenvalue weighted by molar-refractivity contribution is 7.46. The SMILES string of the molecule is CCCCC/C=C\C/C=C\C/C=C\CCCCCCCCC(=O)OC(COC(=O)CCCCCCC/C=C\CCCCC)COP(=O)(O)O. The third-order valence-electron chi connectivity index (χ3n) is 8.07. The van der Waals surface area contributed by atoms with Crippen molar-refractivity contribution in [1.82, 2.24) is 0 Å². The van der Waals surface area contributed by atoms with Crippen molar-refractivity contribution in [3.63, 3.8) is 0 Å². The van der Waals surface area contributed by atoms with Gasteiger partial charge in [-0.2, -0.15) is 0 Å². The van der Waals surface area contributed by atoms with Crippen LogP contribution in [0.1, 0.15) is 174 Å². The molecule has 0 aliphatic rings. The third-order valence-corrected chi connectivity index (χ3v) is 8.56. The lowest BCUT2D eigenvalue weighted by Gasteiger charge is -2.18. The monoisotopic (exact) mass is 710 g/mol. The first-order valence-corrected chi connectivity index (χ1v) is 21.0. The Morgan fingerprint density at radius 1 is 0.531 bits per heavy atom. The van der Waals surface area contributed by atoms with Gasteiger partial charge in [0.25, 0.3) is 0 Å². The van der Waals surface area contributed by atoms with Gasteiger partial charge < -0.3 is 19.3 Å². The molecule has 0 aliphatic carbocycles. The summed E-state index contributed by atoms with van der Waals surface area (Å²) < 4.78 is 26.3. The Morgan fingerprint density at radius 2 is 0.918 bits per heavy atom. The van der Waals surface area contributed by atoms with Crippen LogP contribution in [0.4, 0.5) is 0 Å². The Kier molecular flexibility index (Phi) is 34.4. The number of carbonyl (C=O) groups excluding carboxylic acids is 2. The minimum absolute atomic E-state index is 0.194. The molecule has 0 bridgehead atoms. The molecule has 0 fully saturated rings. The van der Waals surface area contributed by atoms with Gasteiger partial charge in [-0.05, 0) is 77.0 Å². The maximum Gasteiger partial charge on any atom is 0.469 e. The molecular formula is C40H71O8P. The van der Waals surface area contributed by atoms with E-state index in [0.717, 1.165) is 89.9 Å². The van der Waals surface area contributed by atoms with E-state index in [1.807, 2.05) is 0 Å². The summed E-state index contributed by atoms with van der Waals surface area (Å²) in [7, 11) is -4.76. The van der Waals surface area contributed by atoms with E-state index in [9.17, 15) is 14.2 Å². The summed E-state index contributed by atoms with van der Waals surface area (Å²) >= 11 is 0. The van der Waals surface area contributed by atoms with Gasteiger partial charge in [0.1, 0.15) is 6.61 Å². The Balaban J connectivity index is 3.99. The molecule has 0 radical (unpaired) electrons. The number of carbonyl (C=O) groups is 2. The van der Waals surface area contributed by atoms with Crippen molar-refractivity contribution in [2.75, 3.05) is 13.2 Å². The van der Waals surface area contributed by atoms with Crippen LogP contribution in [0.5, 0.6) is 0 Å². The van der Waals surface area contributed by atoms with Gasteiger partial charge in [0.15, 0.2) is 6.10 Å². The number of allylic oxidation sites excluding steroid dienone is 8. The van der Waals surface area contributed by atoms with Crippen LogP contribution in [0.25, 0.3) is 0 Å². The Hall–Kier alpha value is -1.99. The first-order chi connectivity index (χ1) is 23.8. The molecule has 284 valence electrons. The van der Waals surface area contributed by atoms with Crippen LogP contribution >= 0.6 is 7.82 Å². The zero-order chi connectivity index (χ0) is 36.1. The van der Waals surface area contributed by atoms with E-state index in [1.165, 1.54) is 44.9 Å². The van der Waals surface area contributed by atoms with E-state index in [-0.39, 0.29) is 19.4 Å². The Labute approximate surface area is 299 Å². The maximum absolute atomic E-state index is 12.4. The van der Waals surface area contributed by atoms with E-state index in [0.29, 0.717) is 12.8 Å². The summed E-state index contributed by atoms with van der Waals surface area (Å²) in [4.78, 5) is 42.7. The van der Waals surface area contributed by atoms with Crippen LogP contribution < -0.4 is 0 Å². The summed E-state index contributed by atoms with van der Waals surface area (Å²) in [6.45, 7) is 3.60. The number of ether oxygens (including phenoxy) is 2. The molecule has 0 aliphatic heterocycles. The van der Waals surface area contributed by atoms with Crippen molar-refractivity contribution in [2.24, 2.45) is 0 Å². The summed E-state index contributed by atoms with van der Waals surface area (Å²) in [5.74, 6) is -0.913. The van der Waals surface area contributed by atoms with Crippen molar-refractivity contribution < 1.29 is 37.9 Å². The van der Waals surface area contributed by atoms with Gasteiger partial charge in [-0.15, -0.1) is 0 Å². The zero-order valence-corrected chi connectivity index (χ0v) is 32.0. The molecular weight excluding hydrogens is 639 g/mol. The molecule has 0 rings (SSSR count). The van der Waals surface area contributed by atoms with Crippen LogP contribution in [0.15, 0.2) is 48.6 Å². The van der Waals surface area contributed by atoms with Gasteiger partial charge in [0.2, 0.25) is 0 Å². The predicted octanol–water partition coefficient (Wildman–Crippen LogP) is 11.6. The predicted molar refractivity (Wildman–Crippen MR) is 202 cm³/mol. The average molecular weight is 711 g/mol. The van der Waals surface area contributed by atoms with Gasteiger partial charge >= 0.3 is 19.8 Å². The molecule has 1 atom stereocenters. The smallest absolute Gasteiger partial charge is 0.462 e. The normalized spacial score (nSPS) is 13.0. The lowest BCUT2D eigenvalue weighted by Crippen LogP contribution is -2.29. The van der Waals surface area contributed by atoms with E-state index < -0.39 is 32.5 Å². The van der Waals surface area contributed by atoms with Gasteiger partial charge in [0, 0.05) is 12.8 Å². The lowest BCUT2D eigenvalue weighted by atomic mass is 10.1. The molecule has 1 unspecified atom stereocenters. The van der Waals surface area contributed by atoms with Crippen molar-refractivity contribution in [3.05, 3.63) is 48.6 Å². The minimum Gasteiger partial charge on any atom is -0.462 e. The molecule has 0 amide bonds. The number of esters is 2. The summed E-state index contributed by atoms with van der Waals surface area (Å²) in [5.41, 5.74) is 0. The topological polar surface area (TPSA) is 119 Å². The van der Waals surface area contributed by atoms with Gasteiger partial charge in [-0.1, -0.05) is 133 Å². The fourth-order valence-corrected chi connectivity index (χ4v) is 5.50. The van der Waals surface area contributed by atoms with Crippen molar-refractivity contribution in [1.29, 1.82) is 0 Å². The number of phosphoric acid groups is 1. The molecule has 9 heteroatoms. The standard InChI is InChI=1S/C40H71O8P/c1-3-5-7-9-11-13-15-17-18-19-20-21-22-23-25-27-29-31-33-35-40(42)48-38(37-47-49(43,44)45)36-46-39(41)34-32-30-28-26-24-16-14-12-10-8-6-4-2/h11-14,17-18,20-21,38H,3-10,15-16,19,22-37H2,1-2H3,(H2,43,44,45)/b13-11-,14-12-,18-17-,21-20-. The number of phosphoric ester groups is 1. The highest BCUT2D eigenvalue weighted by Crippen LogP contribution is 2.36. The first-order valence-electron chi connectivity index (χ1n) is 19.4. The van der Waals surface area contributed by atoms with Crippen molar-refractivity contribution >= 4 is 19.8 Å². The Bertz CT molecular complexity index is 937. The van der Waals surface area contributed by atoms with Crippen molar-refractivity contribution in [3.8, 4) is 0 Å². The molecule has 0 heterocycles. The second-order valence-corrected chi connectivity index (χ2v) is 14.1. The molecule has 0 spiro atoms. The fourth-order valence-electron chi connectivity index (χ4n) is 5.14. The van der Waals surface area contributed by atoms with E-state index in [2.05, 4.69) is 67.0 Å². The molecule has 49 heavy (non-hydrogen) atoms. The van der Waals surface area contributed by atoms with Crippen LogP contribution in [-0.2, 0) is 28.2 Å². The summed E-state index contributed by atoms with van der Waals surface area (Å²) in [6, 6.07) is 0. The van der Waals surface area contributed by atoms with Gasteiger partial charge in [-0.25, -0.2) is 4.57 Å². The van der Waals surface area contributed by atoms with Crippen LogP contribution in [0, 0.1) is 0 Å². The van der Waals surface area contributed by atoms with E-state index in [4.69, 9.17) is 19.3 Å². The molecule has 0 aromatic carbocycles. The first kappa shape index (κ1) is 47.0. The number of hydrogen-bond donors (Lipinski definition) is 2. The summed E-state index contributed by atoms with van der Waals surface area (Å²) in [5, 5.41) is 0. The second-order valence-electron chi connectivity index (χ2n) is 12.9. The van der Waals surface area contributed by atoms with Crippen LogP contribution in [0.2, 0.25) is 0 Å². The minimum atomic E-state index is -4.76. The van der Waals surface area contributed by atoms with E-state index >= 15 is 0 Å². The number of unbranched alkanes of at least 4 members (excludes halogenated alkanes) is 17. The molecule has 8 nitrogen and oxygen atoms in total. The number of rotatable bonds is 35. The third kappa shape index (κ3) is 38.7. The molecule has 0 aromatic rings. The maximum atomic E-state index is 12.4. The van der Waals surface area contributed by atoms with Crippen molar-refractivity contribution in [2.45, 2.75) is 180 Å². The largest absolute Gasteiger partial charge is 0.469 e. The van der Waals surface area contributed by atoms with Crippen LogP contribution in [-0.4, -0.2) is 41.0 Å². The fraction of sp³-hybridized carbons (Fsp3) is 0.750. The van der Waals surface area contributed by atoms with Crippen LogP contribution in [0.3, 0.4) is 0 Å². The van der Waals surface area contributed by atoms with Gasteiger partial charge in [-0.3, -0.25) is 14.1 Å².